The van der Waals surface area contributed by atoms with Gasteiger partial charge in [0, 0.05) is 0 Å². The van der Waals surface area contributed by atoms with Crippen molar-refractivity contribution in [1.82, 2.24) is 14.1 Å². The second-order valence-electron chi connectivity index (χ2n) is 7.60. The van der Waals surface area contributed by atoms with Crippen molar-refractivity contribution in [3.63, 3.8) is 0 Å². The molecule has 3 aromatic heterocycles. The van der Waals surface area contributed by atoms with Crippen LogP contribution in [0.25, 0.3) is 21.0 Å². The number of oxazole rings is 1. The molecule has 8 nitrogen and oxygen atoms in total. The molecule has 0 aliphatic rings. The number of ether oxygens (including phenoxy) is 1. The third kappa shape index (κ3) is 3.90. The summed E-state index contributed by atoms with van der Waals surface area (Å²) in [7, 11) is 0. The van der Waals surface area contributed by atoms with E-state index in [1.807, 2.05) is 50.2 Å². The highest BCUT2D eigenvalue weighted by Crippen LogP contribution is 2.36. The van der Waals surface area contributed by atoms with Crippen LogP contribution in [0.3, 0.4) is 0 Å². The van der Waals surface area contributed by atoms with E-state index in [9.17, 15) is 14.9 Å². The van der Waals surface area contributed by atoms with E-state index in [4.69, 9.17) is 9.15 Å². The lowest BCUT2D eigenvalue weighted by atomic mass is 10.1. The van der Waals surface area contributed by atoms with Gasteiger partial charge >= 0.3 is 5.69 Å². The first kappa shape index (κ1) is 21.7. The molecule has 164 valence electrons. The highest BCUT2D eigenvalue weighted by atomic mass is 32.1. The molecular formula is C23H22N4O4S. The van der Waals surface area contributed by atoms with E-state index in [0.29, 0.717) is 26.5 Å². The molecule has 0 radical (unpaired) electrons. The molecule has 0 spiro atoms. The summed E-state index contributed by atoms with van der Waals surface area (Å²) in [6, 6.07) is 11.5. The van der Waals surface area contributed by atoms with Crippen LogP contribution in [0.5, 0.6) is 0 Å². The van der Waals surface area contributed by atoms with Gasteiger partial charge in [0.1, 0.15) is 23.7 Å². The van der Waals surface area contributed by atoms with E-state index in [2.05, 4.69) is 4.98 Å². The molecule has 0 saturated carbocycles. The average Bonchev–Trinajstić information content (AvgIpc) is 3.42. The lowest BCUT2D eigenvalue weighted by Crippen LogP contribution is -2.40. The number of aromatic nitrogens is 3. The largest absolute Gasteiger partial charge is 0.444 e. The standard InChI is InChI=1S/C23H22N4O4S/c1-14(2)31-17(16-7-5-4-6-8-16)13-27-22-18(21(28)26(11-9-24)23(27)29)15(3)19(32-22)20-25-10-12-30-20/h4-8,10,12,14,17H,11,13H2,1-3H3/t17-/m1/s1. The van der Waals surface area contributed by atoms with E-state index < -0.39 is 17.4 Å². The minimum atomic E-state index is -0.544. The lowest BCUT2D eigenvalue weighted by Gasteiger charge is -2.22. The van der Waals surface area contributed by atoms with Crippen molar-refractivity contribution < 1.29 is 9.15 Å². The molecule has 0 saturated heterocycles. The maximum Gasteiger partial charge on any atom is 0.333 e. The molecule has 0 aliphatic heterocycles. The third-order valence-corrected chi connectivity index (χ3v) is 6.41. The van der Waals surface area contributed by atoms with E-state index in [-0.39, 0.29) is 19.2 Å². The summed E-state index contributed by atoms with van der Waals surface area (Å²) in [5.74, 6) is 0.381. The van der Waals surface area contributed by atoms with Crippen molar-refractivity contribution in [2.24, 2.45) is 0 Å². The summed E-state index contributed by atoms with van der Waals surface area (Å²) >= 11 is 1.27. The van der Waals surface area contributed by atoms with E-state index in [1.54, 1.807) is 6.92 Å². The number of thiophene rings is 1. The average molecular weight is 451 g/mol. The van der Waals surface area contributed by atoms with Gasteiger partial charge in [0.15, 0.2) is 0 Å². The minimum Gasteiger partial charge on any atom is -0.444 e. The first-order valence-corrected chi connectivity index (χ1v) is 11.0. The number of rotatable bonds is 7. The molecule has 4 rings (SSSR count). The maximum atomic E-state index is 13.3. The van der Waals surface area contributed by atoms with E-state index in [0.717, 1.165) is 10.1 Å². The molecule has 1 aromatic carbocycles. The number of hydrogen-bond acceptors (Lipinski definition) is 7. The number of nitriles is 1. The number of hydrogen-bond donors (Lipinski definition) is 0. The van der Waals surface area contributed by atoms with Gasteiger partial charge in [-0.2, -0.15) is 5.26 Å². The van der Waals surface area contributed by atoms with Crippen LogP contribution in [-0.4, -0.2) is 20.2 Å². The third-order valence-electron chi connectivity index (χ3n) is 5.11. The van der Waals surface area contributed by atoms with Gasteiger partial charge in [-0.1, -0.05) is 30.3 Å². The fraction of sp³-hybridized carbons (Fsp3) is 0.304. The zero-order chi connectivity index (χ0) is 22.8. The predicted octanol–water partition coefficient (Wildman–Crippen LogP) is 3.88. The molecular weight excluding hydrogens is 428 g/mol. The Hall–Kier alpha value is -3.48. The Morgan fingerprint density at radius 2 is 1.97 bits per heavy atom. The molecule has 4 aromatic rings. The van der Waals surface area contributed by atoms with Gasteiger partial charge in [0.2, 0.25) is 5.89 Å². The Kier molecular flexibility index (Phi) is 6.08. The van der Waals surface area contributed by atoms with Crippen molar-refractivity contribution in [3.8, 4) is 16.8 Å². The summed E-state index contributed by atoms with van der Waals surface area (Å²) in [5.41, 5.74) is 0.548. The summed E-state index contributed by atoms with van der Waals surface area (Å²) in [5, 5.41) is 9.61. The first-order valence-electron chi connectivity index (χ1n) is 10.2. The molecule has 32 heavy (non-hydrogen) atoms. The molecule has 0 unspecified atom stereocenters. The van der Waals surface area contributed by atoms with Crippen LogP contribution in [0.4, 0.5) is 0 Å². The minimum absolute atomic E-state index is 0.0793. The quantitative estimate of drug-likeness (QED) is 0.423. The second-order valence-corrected chi connectivity index (χ2v) is 8.60. The zero-order valence-electron chi connectivity index (χ0n) is 17.9. The molecule has 1 atom stereocenters. The molecule has 0 aliphatic carbocycles. The fourth-order valence-corrected chi connectivity index (χ4v) is 4.94. The topological polar surface area (TPSA) is 103 Å². The highest BCUT2D eigenvalue weighted by molar-refractivity contribution is 7.22. The fourth-order valence-electron chi connectivity index (χ4n) is 3.69. The van der Waals surface area contributed by atoms with Gasteiger partial charge in [0.05, 0.1) is 35.2 Å². The Morgan fingerprint density at radius 1 is 1.22 bits per heavy atom. The van der Waals surface area contributed by atoms with E-state index >= 15 is 0 Å². The summed E-state index contributed by atoms with van der Waals surface area (Å²) in [4.78, 5) is 31.9. The number of nitrogens with zero attached hydrogens (tertiary/aromatic N) is 4. The Morgan fingerprint density at radius 3 is 2.59 bits per heavy atom. The van der Waals surface area contributed by atoms with Gasteiger partial charge in [-0.3, -0.25) is 9.36 Å². The monoisotopic (exact) mass is 450 g/mol. The van der Waals surface area contributed by atoms with Crippen molar-refractivity contribution in [2.75, 3.05) is 0 Å². The lowest BCUT2D eigenvalue weighted by molar-refractivity contribution is -0.00336. The normalized spacial score (nSPS) is 12.3. The Bertz CT molecular complexity index is 1390. The maximum absolute atomic E-state index is 13.3. The van der Waals surface area contributed by atoms with Crippen LogP contribution in [0.15, 0.2) is 56.8 Å². The van der Waals surface area contributed by atoms with Crippen LogP contribution >= 0.6 is 11.3 Å². The van der Waals surface area contributed by atoms with Crippen LogP contribution in [0.1, 0.15) is 31.1 Å². The number of aryl methyl sites for hydroxylation is 1. The van der Waals surface area contributed by atoms with E-state index in [1.165, 1.54) is 28.4 Å². The number of fused-ring (bicyclic) bond motifs is 1. The van der Waals surface area contributed by atoms with Crippen molar-refractivity contribution >= 4 is 21.6 Å². The van der Waals surface area contributed by atoms with Gasteiger partial charge in [-0.15, -0.1) is 11.3 Å². The van der Waals surface area contributed by atoms with Crippen LogP contribution in [0, 0.1) is 18.3 Å². The van der Waals surface area contributed by atoms with Gasteiger partial charge in [-0.05, 0) is 31.9 Å². The first-order chi connectivity index (χ1) is 15.4. The molecule has 0 amide bonds. The van der Waals surface area contributed by atoms with Crippen LogP contribution in [-0.2, 0) is 17.8 Å². The van der Waals surface area contributed by atoms with Gasteiger partial charge in [0.25, 0.3) is 5.56 Å². The smallest absolute Gasteiger partial charge is 0.333 e. The Labute approximate surface area is 187 Å². The molecule has 0 N–H and O–H groups in total. The second kappa shape index (κ2) is 8.94. The van der Waals surface area contributed by atoms with Gasteiger partial charge in [-0.25, -0.2) is 14.3 Å². The summed E-state index contributed by atoms with van der Waals surface area (Å²) in [6.07, 6.45) is 2.49. The number of benzene rings is 1. The zero-order valence-corrected chi connectivity index (χ0v) is 18.8. The summed E-state index contributed by atoms with van der Waals surface area (Å²) in [6.45, 7) is 5.51. The molecule has 0 fully saturated rings. The Balaban J connectivity index is 1.97. The van der Waals surface area contributed by atoms with Crippen molar-refractivity contribution in [2.45, 2.75) is 46.1 Å². The van der Waals surface area contributed by atoms with Crippen molar-refractivity contribution in [3.05, 3.63) is 74.8 Å². The summed E-state index contributed by atoms with van der Waals surface area (Å²) < 4.78 is 14.1. The van der Waals surface area contributed by atoms with Crippen LogP contribution < -0.4 is 11.2 Å². The van der Waals surface area contributed by atoms with Crippen LogP contribution in [0.2, 0.25) is 0 Å². The SMILES string of the molecule is Cc1c(-c2ncco2)sc2c1c(=O)n(CC#N)c(=O)n2C[C@@H](OC(C)C)c1ccccc1. The molecule has 3 heterocycles. The molecule has 9 heteroatoms. The van der Waals surface area contributed by atoms with Crippen molar-refractivity contribution in [1.29, 1.82) is 5.26 Å². The molecule has 0 bridgehead atoms. The predicted molar refractivity (Wildman–Crippen MR) is 122 cm³/mol. The highest BCUT2D eigenvalue weighted by Gasteiger charge is 2.25. The van der Waals surface area contributed by atoms with Gasteiger partial charge < -0.3 is 9.15 Å².